The van der Waals surface area contributed by atoms with Gasteiger partial charge in [-0.05, 0) is 24.3 Å². The monoisotopic (exact) mass is 350 g/mol. The van der Waals surface area contributed by atoms with E-state index in [1.807, 2.05) is 6.20 Å². The van der Waals surface area contributed by atoms with Crippen LogP contribution in [-0.4, -0.2) is 25.3 Å². The first-order valence-electron chi connectivity index (χ1n) is 6.40. The van der Waals surface area contributed by atoms with Crippen molar-refractivity contribution in [2.75, 3.05) is 5.33 Å². The average molecular weight is 351 g/mol. The summed E-state index contributed by atoms with van der Waals surface area (Å²) in [6.45, 7) is 0.413. The molecule has 0 N–H and O–H groups in total. The van der Waals surface area contributed by atoms with Gasteiger partial charge in [0.1, 0.15) is 12.4 Å². The van der Waals surface area contributed by atoms with Gasteiger partial charge >= 0.3 is 0 Å². The molecule has 0 bridgehead atoms. The number of nitrogens with zero attached hydrogens (tertiary/aromatic N) is 4. The third kappa shape index (κ3) is 3.36. The van der Waals surface area contributed by atoms with Gasteiger partial charge in [-0.25, -0.2) is 14.1 Å². The lowest BCUT2D eigenvalue weighted by Gasteiger charge is -1.96. The zero-order valence-electron chi connectivity index (χ0n) is 11.0. The van der Waals surface area contributed by atoms with Gasteiger partial charge in [0.05, 0.1) is 11.9 Å². The molecule has 0 saturated carbocycles. The second-order valence-corrected chi connectivity index (χ2v) is 5.26. The van der Waals surface area contributed by atoms with Gasteiger partial charge in [-0.2, -0.15) is 0 Å². The summed E-state index contributed by atoms with van der Waals surface area (Å²) in [7, 11) is 0. The Hall–Kier alpha value is -2.02. The first-order chi connectivity index (χ1) is 10.2. The van der Waals surface area contributed by atoms with E-state index < -0.39 is 0 Å². The number of rotatable bonds is 5. The van der Waals surface area contributed by atoms with E-state index in [2.05, 4.69) is 31.2 Å². The highest BCUT2D eigenvalue weighted by Crippen LogP contribution is 2.20. The van der Waals surface area contributed by atoms with Gasteiger partial charge in [0.2, 0.25) is 5.89 Å². The van der Waals surface area contributed by atoms with Crippen LogP contribution in [0.4, 0.5) is 4.39 Å². The highest BCUT2D eigenvalue weighted by Gasteiger charge is 2.08. The lowest BCUT2D eigenvalue weighted by molar-refractivity contribution is 0.469. The van der Waals surface area contributed by atoms with Gasteiger partial charge in [-0.15, -0.1) is 5.10 Å². The molecule has 2 aromatic heterocycles. The molecule has 0 saturated heterocycles. The van der Waals surface area contributed by atoms with E-state index in [4.69, 9.17) is 4.42 Å². The van der Waals surface area contributed by atoms with E-state index in [-0.39, 0.29) is 5.82 Å². The summed E-state index contributed by atoms with van der Waals surface area (Å²) in [5, 5.41) is 8.92. The summed E-state index contributed by atoms with van der Waals surface area (Å²) in [6.07, 6.45) is 4.31. The van der Waals surface area contributed by atoms with Gasteiger partial charge < -0.3 is 4.42 Å². The highest BCUT2D eigenvalue weighted by atomic mass is 79.9. The van der Waals surface area contributed by atoms with E-state index in [0.717, 1.165) is 23.0 Å². The Labute approximate surface area is 128 Å². The molecule has 0 aliphatic heterocycles. The molecule has 2 heterocycles. The standard InChI is InChI=1S/C14H12BrFN4O/c15-6-5-12-8-20(19-18-12)9-14-17-7-13(21-14)10-1-3-11(16)4-2-10/h1-4,7-8H,5-6,9H2. The summed E-state index contributed by atoms with van der Waals surface area (Å²) in [5.74, 6) is 0.857. The fraction of sp³-hybridized carbons (Fsp3) is 0.214. The first-order valence-corrected chi connectivity index (χ1v) is 7.52. The lowest BCUT2D eigenvalue weighted by Crippen LogP contribution is -2.00. The summed E-state index contributed by atoms with van der Waals surface area (Å²) in [4.78, 5) is 4.21. The molecule has 0 spiro atoms. The normalized spacial score (nSPS) is 11.0. The van der Waals surface area contributed by atoms with E-state index >= 15 is 0 Å². The van der Waals surface area contributed by atoms with Crippen LogP contribution in [0, 0.1) is 5.82 Å². The van der Waals surface area contributed by atoms with Gasteiger partial charge in [-0.3, -0.25) is 0 Å². The van der Waals surface area contributed by atoms with Crippen LogP contribution in [0.15, 0.2) is 41.1 Å². The molecular weight excluding hydrogens is 339 g/mol. The maximum absolute atomic E-state index is 12.9. The number of aryl methyl sites for hydroxylation is 1. The minimum absolute atomic E-state index is 0.277. The molecule has 0 aliphatic carbocycles. The summed E-state index contributed by atoms with van der Waals surface area (Å²) < 4.78 is 20.2. The molecule has 0 fully saturated rings. The predicted molar refractivity (Wildman–Crippen MR) is 78.5 cm³/mol. The van der Waals surface area contributed by atoms with Crippen molar-refractivity contribution in [3.8, 4) is 11.3 Å². The molecule has 0 atom stereocenters. The van der Waals surface area contributed by atoms with Gasteiger partial charge in [0.15, 0.2) is 5.76 Å². The quantitative estimate of drug-likeness (QED) is 0.663. The van der Waals surface area contributed by atoms with E-state index in [0.29, 0.717) is 18.2 Å². The lowest BCUT2D eigenvalue weighted by atomic mass is 10.2. The minimum atomic E-state index is -0.277. The molecule has 1 aromatic carbocycles. The van der Waals surface area contributed by atoms with Crippen LogP contribution >= 0.6 is 15.9 Å². The number of hydrogen-bond acceptors (Lipinski definition) is 4. The molecular formula is C14H12BrFN4O. The molecule has 0 radical (unpaired) electrons. The summed E-state index contributed by atoms with van der Waals surface area (Å²) in [5.41, 5.74) is 1.70. The van der Waals surface area contributed by atoms with Crippen molar-refractivity contribution in [2.45, 2.75) is 13.0 Å². The van der Waals surface area contributed by atoms with Crippen molar-refractivity contribution in [1.82, 2.24) is 20.0 Å². The molecule has 7 heteroatoms. The first kappa shape index (κ1) is 13.9. The Morgan fingerprint density at radius 1 is 1.24 bits per heavy atom. The topological polar surface area (TPSA) is 56.7 Å². The molecule has 0 amide bonds. The number of halogens is 2. The zero-order chi connectivity index (χ0) is 14.7. The van der Waals surface area contributed by atoms with Crippen LogP contribution in [-0.2, 0) is 13.0 Å². The molecule has 0 aliphatic rings. The number of oxazole rings is 1. The van der Waals surface area contributed by atoms with Crippen LogP contribution in [0.1, 0.15) is 11.6 Å². The van der Waals surface area contributed by atoms with Gasteiger partial charge in [0, 0.05) is 23.5 Å². The maximum atomic E-state index is 12.9. The number of alkyl halides is 1. The molecule has 3 rings (SSSR count). The smallest absolute Gasteiger partial charge is 0.216 e. The Kier molecular flexibility index (Phi) is 4.10. The van der Waals surface area contributed by atoms with Crippen LogP contribution in [0.3, 0.4) is 0 Å². The second-order valence-electron chi connectivity index (χ2n) is 4.47. The predicted octanol–water partition coefficient (Wildman–Crippen LogP) is 3.06. The van der Waals surface area contributed by atoms with Gasteiger partial charge in [-0.1, -0.05) is 21.1 Å². The molecule has 5 nitrogen and oxygen atoms in total. The third-order valence-electron chi connectivity index (χ3n) is 2.92. The molecule has 108 valence electrons. The Morgan fingerprint density at radius 3 is 2.81 bits per heavy atom. The van der Waals surface area contributed by atoms with E-state index in [1.165, 1.54) is 12.1 Å². The number of hydrogen-bond donors (Lipinski definition) is 0. The Bertz CT molecular complexity index is 723. The highest BCUT2D eigenvalue weighted by molar-refractivity contribution is 9.09. The Balaban J connectivity index is 1.73. The van der Waals surface area contributed by atoms with E-state index in [1.54, 1.807) is 23.0 Å². The minimum Gasteiger partial charge on any atom is -0.439 e. The van der Waals surface area contributed by atoms with Crippen molar-refractivity contribution in [1.29, 1.82) is 0 Å². The summed E-state index contributed by atoms with van der Waals surface area (Å²) in [6, 6.07) is 6.09. The maximum Gasteiger partial charge on any atom is 0.216 e. The fourth-order valence-electron chi connectivity index (χ4n) is 1.90. The van der Waals surface area contributed by atoms with Crippen molar-refractivity contribution < 1.29 is 8.81 Å². The largest absolute Gasteiger partial charge is 0.439 e. The summed E-state index contributed by atoms with van der Waals surface area (Å²) >= 11 is 3.36. The number of benzene rings is 1. The molecule has 0 unspecified atom stereocenters. The zero-order valence-corrected chi connectivity index (χ0v) is 12.6. The Morgan fingerprint density at radius 2 is 2.05 bits per heavy atom. The molecule has 3 aromatic rings. The van der Waals surface area contributed by atoms with Crippen molar-refractivity contribution in [3.63, 3.8) is 0 Å². The van der Waals surface area contributed by atoms with Crippen LogP contribution < -0.4 is 0 Å². The third-order valence-corrected chi connectivity index (χ3v) is 3.31. The van der Waals surface area contributed by atoms with Crippen LogP contribution in [0.5, 0.6) is 0 Å². The van der Waals surface area contributed by atoms with Crippen molar-refractivity contribution in [2.24, 2.45) is 0 Å². The van der Waals surface area contributed by atoms with Crippen molar-refractivity contribution >= 4 is 15.9 Å². The van der Waals surface area contributed by atoms with Crippen LogP contribution in [0.25, 0.3) is 11.3 Å². The average Bonchev–Trinajstić information content (AvgIpc) is 3.11. The van der Waals surface area contributed by atoms with Crippen molar-refractivity contribution in [3.05, 3.63) is 54.1 Å². The van der Waals surface area contributed by atoms with Gasteiger partial charge in [0.25, 0.3) is 0 Å². The molecule has 21 heavy (non-hydrogen) atoms. The fourth-order valence-corrected chi connectivity index (χ4v) is 2.30. The number of aromatic nitrogens is 4. The van der Waals surface area contributed by atoms with E-state index in [9.17, 15) is 4.39 Å². The van der Waals surface area contributed by atoms with Crippen LogP contribution in [0.2, 0.25) is 0 Å². The second kappa shape index (κ2) is 6.17. The SMILES string of the molecule is Fc1ccc(-c2cnc(Cn3cc(CCBr)nn3)o2)cc1.